The summed E-state index contributed by atoms with van der Waals surface area (Å²) in [5.41, 5.74) is 3.45. The average molecular weight is 324 g/mol. The van der Waals surface area contributed by atoms with E-state index in [1.54, 1.807) is 12.3 Å². The van der Waals surface area contributed by atoms with E-state index in [1.165, 1.54) is 19.1 Å². The van der Waals surface area contributed by atoms with E-state index in [0.29, 0.717) is 5.56 Å². The molecular formula is C18H16N2O2S. The number of methoxy groups -OCH3 is 1. The van der Waals surface area contributed by atoms with E-state index in [-0.39, 0.29) is 5.97 Å². The molecule has 4 nitrogen and oxygen atoms in total. The third kappa shape index (κ3) is 3.29. The normalized spacial score (nSPS) is 10.5. The molecule has 0 atom stereocenters. The average Bonchev–Trinajstić information content (AvgIpc) is 2.60. The number of nitrogens with zero attached hydrogens (tertiary/aromatic N) is 1. The van der Waals surface area contributed by atoms with Crippen LogP contribution in [0, 0.1) is 6.92 Å². The van der Waals surface area contributed by atoms with Crippen LogP contribution in [0.3, 0.4) is 0 Å². The minimum Gasteiger partial charge on any atom is -0.465 e. The second kappa shape index (κ2) is 6.71. The Kier molecular flexibility index (Phi) is 4.48. The Hall–Kier alpha value is -2.53. The molecule has 0 fully saturated rings. The largest absolute Gasteiger partial charge is 0.465 e. The molecule has 116 valence electrons. The summed E-state index contributed by atoms with van der Waals surface area (Å²) in [5, 5.41) is 1.11. The maximum atomic E-state index is 11.5. The molecule has 0 unspecified atom stereocenters. The van der Waals surface area contributed by atoms with Gasteiger partial charge in [-0.05, 0) is 54.8 Å². The number of aryl methyl sites for hydroxylation is 1. The van der Waals surface area contributed by atoms with E-state index in [2.05, 4.69) is 9.71 Å². The Morgan fingerprint density at radius 1 is 1.17 bits per heavy atom. The maximum Gasteiger partial charge on any atom is 0.337 e. The van der Waals surface area contributed by atoms with Crippen LogP contribution in [-0.4, -0.2) is 18.1 Å². The third-order valence-electron chi connectivity index (χ3n) is 3.51. The van der Waals surface area contributed by atoms with E-state index < -0.39 is 0 Å². The summed E-state index contributed by atoms with van der Waals surface area (Å²) in [6.07, 6.45) is 1.79. The lowest BCUT2D eigenvalue weighted by molar-refractivity contribution is 0.0600. The number of hydrogen-bond acceptors (Lipinski definition) is 5. The second-order valence-electron chi connectivity index (χ2n) is 5.06. The monoisotopic (exact) mass is 324 g/mol. The zero-order valence-electron chi connectivity index (χ0n) is 12.9. The molecule has 0 radical (unpaired) electrons. The lowest BCUT2D eigenvalue weighted by Crippen LogP contribution is -2.02. The molecule has 1 aromatic heterocycles. The highest BCUT2D eigenvalue weighted by molar-refractivity contribution is 8.00. The number of aromatic nitrogens is 1. The van der Waals surface area contributed by atoms with Crippen LogP contribution in [0.1, 0.15) is 15.9 Å². The summed E-state index contributed by atoms with van der Waals surface area (Å²) >= 11 is 1.51. The van der Waals surface area contributed by atoms with Gasteiger partial charge in [0.25, 0.3) is 0 Å². The van der Waals surface area contributed by atoms with Crippen molar-refractivity contribution in [1.82, 2.24) is 4.98 Å². The van der Waals surface area contributed by atoms with Gasteiger partial charge in [0.15, 0.2) is 0 Å². The molecule has 0 saturated heterocycles. The first-order valence-corrected chi connectivity index (χ1v) is 7.96. The van der Waals surface area contributed by atoms with Crippen molar-refractivity contribution in [1.29, 1.82) is 0 Å². The number of carbonyl (C=O) groups excluding carboxylic acids is 1. The summed E-state index contributed by atoms with van der Waals surface area (Å²) in [6.45, 7) is 1.96. The predicted octanol–water partition coefficient (Wildman–Crippen LogP) is 4.45. The minimum absolute atomic E-state index is 0.328. The van der Waals surface area contributed by atoms with Gasteiger partial charge in [0.05, 0.1) is 23.1 Å². The van der Waals surface area contributed by atoms with Gasteiger partial charge in [0.2, 0.25) is 0 Å². The molecule has 0 aliphatic rings. The first-order chi connectivity index (χ1) is 11.2. The lowest BCUT2D eigenvalue weighted by atomic mass is 10.1. The molecule has 0 spiro atoms. The Bertz CT molecular complexity index is 859. The highest BCUT2D eigenvalue weighted by Crippen LogP contribution is 2.29. The molecule has 1 N–H and O–H groups in total. The summed E-state index contributed by atoms with van der Waals surface area (Å²) in [6, 6.07) is 15.5. The number of para-hydroxylation sites is 1. The van der Waals surface area contributed by atoms with Crippen molar-refractivity contribution in [2.75, 3.05) is 11.8 Å². The Labute approximate surface area is 139 Å². The Balaban J connectivity index is 1.81. The molecule has 5 heteroatoms. The molecule has 0 amide bonds. The number of benzene rings is 2. The van der Waals surface area contributed by atoms with E-state index in [0.717, 1.165) is 27.0 Å². The SMILES string of the molecule is COC(=O)c1ccc(NSc2cccc3cccnc23)c(C)c1. The highest BCUT2D eigenvalue weighted by atomic mass is 32.2. The van der Waals surface area contributed by atoms with Crippen LogP contribution >= 0.6 is 11.9 Å². The van der Waals surface area contributed by atoms with Gasteiger partial charge in [-0.25, -0.2) is 4.79 Å². The lowest BCUT2D eigenvalue weighted by Gasteiger charge is -2.11. The van der Waals surface area contributed by atoms with Crippen LogP contribution < -0.4 is 4.72 Å². The van der Waals surface area contributed by atoms with Gasteiger partial charge in [0.1, 0.15) is 0 Å². The summed E-state index contributed by atoms with van der Waals surface area (Å²) in [4.78, 5) is 17.0. The second-order valence-corrected chi connectivity index (χ2v) is 5.90. The van der Waals surface area contributed by atoms with Crippen molar-refractivity contribution in [2.45, 2.75) is 11.8 Å². The number of hydrogen-bond donors (Lipinski definition) is 1. The smallest absolute Gasteiger partial charge is 0.337 e. The number of fused-ring (bicyclic) bond motifs is 1. The molecule has 1 heterocycles. The van der Waals surface area contributed by atoms with Crippen molar-refractivity contribution in [2.24, 2.45) is 0 Å². The van der Waals surface area contributed by atoms with Crippen molar-refractivity contribution >= 4 is 34.5 Å². The maximum absolute atomic E-state index is 11.5. The fourth-order valence-corrected chi connectivity index (χ4v) is 3.15. The number of ether oxygens (including phenoxy) is 1. The molecule has 23 heavy (non-hydrogen) atoms. The molecular weight excluding hydrogens is 308 g/mol. The van der Waals surface area contributed by atoms with E-state index >= 15 is 0 Å². The molecule has 3 rings (SSSR count). The van der Waals surface area contributed by atoms with Crippen molar-refractivity contribution in [3.63, 3.8) is 0 Å². The molecule has 2 aromatic carbocycles. The van der Waals surface area contributed by atoms with Crippen LogP contribution in [0.2, 0.25) is 0 Å². The summed E-state index contributed by atoms with van der Waals surface area (Å²) in [5.74, 6) is -0.328. The van der Waals surface area contributed by atoms with Crippen molar-refractivity contribution in [3.8, 4) is 0 Å². The summed E-state index contributed by atoms with van der Waals surface area (Å²) < 4.78 is 8.07. The number of esters is 1. The predicted molar refractivity (Wildman–Crippen MR) is 93.7 cm³/mol. The van der Waals surface area contributed by atoms with E-state index in [1.807, 2.05) is 49.4 Å². The number of carbonyl (C=O) groups is 1. The van der Waals surface area contributed by atoms with Gasteiger partial charge >= 0.3 is 5.97 Å². The van der Waals surface area contributed by atoms with Crippen LogP contribution in [0.25, 0.3) is 10.9 Å². The molecule has 3 aromatic rings. The zero-order valence-corrected chi connectivity index (χ0v) is 13.7. The van der Waals surface area contributed by atoms with Crippen LogP contribution in [-0.2, 0) is 4.74 Å². The summed E-state index contributed by atoms with van der Waals surface area (Å²) in [7, 11) is 1.38. The fourth-order valence-electron chi connectivity index (χ4n) is 2.29. The van der Waals surface area contributed by atoms with E-state index in [4.69, 9.17) is 4.74 Å². The first kappa shape index (κ1) is 15.4. The van der Waals surface area contributed by atoms with Gasteiger partial charge in [-0.15, -0.1) is 0 Å². The number of pyridine rings is 1. The number of anilines is 1. The van der Waals surface area contributed by atoms with Gasteiger partial charge < -0.3 is 9.46 Å². The highest BCUT2D eigenvalue weighted by Gasteiger charge is 2.08. The van der Waals surface area contributed by atoms with Crippen LogP contribution in [0.5, 0.6) is 0 Å². The molecule has 0 saturated carbocycles. The zero-order chi connectivity index (χ0) is 16.2. The Morgan fingerprint density at radius 3 is 2.78 bits per heavy atom. The van der Waals surface area contributed by atoms with Crippen LogP contribution in [0.4, 0.5) is 5.69 Å². The molecule has 0 aliphatic carbocycles. The Morgan fingerprint density at radius 2 is 2.00 bits per heavy atom. The third-order valence-corrected chi connectivity index (χ3v) is 4.39. The van der Waals surface area contributed by atoms with Crippen molar-refractivity contribution in [3.05, 3.63) is 65.9 Å². The quantitative estimate of drug-likeness (QED) is 0.567. The molecule has 0 aliphatic heterocycles. The number of nitrogens with one attached hydrogen (secondary N) is 1. The van der Waals surface area contributed by atoms with Crippen molar-refractivity contribution < 1.29 is 9.53 Å². The van der Waals surface area contributed by atoms with Gasteiger partial charge in [-0.1, -0.05) is 18.2 Å². The van der Waals surface area contributed by atoms with Gasteiger partial charge in [0, 0.05) is 17.3 Å². The van der Waals surface area contributed by atoms with Crippen LogP contribution in [0.15, 0.2) is 59.6 Å². The number of rotatable bonds is 4. The minimum atomic E-state index is -0.328. The standard InChI is InChI=1S/C18H16N2O2S/c1-12-11-14(18(21)22-2)8-9-15(12)20-23-16-7-3-5-13-6-4-10-19-17(13)16/h3-11,20H,1-2H3. The van der Waals surface area contributed by atoms with Gasteiger partial charge in [-0.2, -0.15) is 0 Å². The topological polar surface area (TPSA) is 51.2 Å². The molecule has 0 bridgehead atoms. The first-order valence-electron chi connectivity index (χ1n) is 7.14. The van der Waals surface area contributed by atoms with Gasteiger partial charge in [-0.3, -0.25) is 4.98 Å². The fraction of sp³-hybridized carbons (Fsp3) is 0.111. The van der Waals surface area contributed by atoms with E-state index in [9.17, 15) is 4.79 Å².